The van der Waals surface area contributed by atoms with Crippen LogP contribution in [-0.4, -0.2) is 40.1 Å². The molecule has 1 amide bonds. The maximum atomic E-state index is 13.4. The highest BCUT2D eigenvalue weighted by Gasteiger charge is 2.36. The van der Waals surface area contributed by atoms with Crippen LogP contribution in [0, 0.1) is 12.8 Å². The van der Waals surface area contributed by atoms with Gasteiger partial charge in [-0.25, -0.2) is 0 Å². The molecule has 0 aliphatic carbocycles. The molecule has 2 aliphatic heterocycles. The smallest absolute Gasteiger partial charge is 0.241 e. The van der Waals surface area contributed by atoms with E-state index >= 15 is 0 Å². The molecule has 0 saturated carbocycles. The first-order chi connectivity index (χ1) is 15.1. The van der Waals surface area contributed by atoms with Gasteiger partial charge in [0.15, 0.2) is 0 Å². The number of hydrogen-bond acceptors (Lipinski definition) is 5. The Kier molecular flexibility index (Phi) is 5.32. The summed E-state index contributed by atoms with van der Waals surface area (Å²) in [6, 6.07) is 16.6. The third-order valence-corrected chi connectivity index (χ3v) is 6.40. The van der Waals surface area contributed by atoms with Crippen LogP contribution >= 0.6 is 0 Å². The molecule has 2 aliphatic rings. The molecule has 0 spiro atoms. The summed E-state index contributed by atoms with van der Waals surface area (Å²) in [5.74, 6) is 1.46. The zero-order valence-corrected chi connectivity index (χ0v) is 18.1. The number of anilines is 1. The molecule has 160 valence electrons. The summed E-state index contributed by atoms with van der Waals surface area (Å²) in [6.07, 6.45) is 2.86. The molecule has 2 atom stereocenters. The number of para-hydroxylation sites is 1. The molecular weight excluding hydrogens is 388 g/mol. The van der Waals surface area contributed by atoms with Gasteiger partial charge in [0.1, 0.15) is 0 Å². The Morgan fingerprint density at radius 2 is 2.06 bits per heavy atom. The first kappa shape index (κ1) is 19.9. The van der Waals surface area contributed by atoms with E-state index < -0.39 is 0 Å². The van der Waals surface area contributed by atoms with Gasteiger partial charge in [0.2, 0.25) is 17.6 Å². The number of carbonyl (C=O) groups excluding carboxylic acids is 1. The second-order valence-electron chi connectivity index (χ2n) is 8.85. The molecule has 3 heterocycles. The van der Waals surface area contributed by atoms with Crippen LogP contribution < -0.4 is 4.90 Å². The fourth-order valence-electron chi connectivity index (χ4n) is 4.91. The van der Waals surface area contributed by atoms with E-state index in [4.69, 9.17) is 4.52 Å². The van der Waals surface area contributed by atoms with Gasteiger partial charge in [0.25, 0.3) is 0 Å². The normalized spacial score (nSPS) is 21.3. The summed E-state index contributed by atoms with van der Waals surface area (Å²) in [7, 11) is 0. The maximum Gasteiger partial charge on any atom is 0.241 e. The van der Waals surface area contributed by atoms with E-state index in [1.807, 2.05) is 23.1 Å². The van der Waals surface area contributed by atoms with Gasteiger partial charge in [-0.2, -0.15) is 4.98 Å². The zero-order chi connectivity index (χ0) is 21.4. The Balaban J connectivity index is 1.27. The number of amides is 1. The zero-order valence-electron chi connectivity index (χ0n) is 18.1. The van der Waals surface area contributed by atoms with E-state index in [-0.39, 0.29) is 17.9 Å². The fourth-order valence-corrected chi connectivity index (χ4v) is 4.91. The van der Waals surface area contributed by atoms with Crippen molar-refractivity contribution in [1.29, 1.82) is 0 Å². The Morgan fingerprint density at radius 1 is 1.19 bits per heavy atom. The minimum Gasteiger partial charge on any atom is -0.338 e. The van der Waals surface area contributed by atoms with Gasteiger partial charge >= 0.3 is 0 Å². The molecule has 6 heteroatoms. The molecule has 3 aromatic rings. The van der Waals surface area contributed by atoms with E-state index in [1.165, 1.54) is 11.1 Å². The predicted molar refractivity (Wildman–Crippen MR) is 120 cm³/mol. The lowest BCUT2D eigenvalue weighted by atomic mass is 9.96. The number of fused-ring (bicyclic) bond motifs is 1. The number of hydrogen-bond donors (Lipinski definition) is 0. The highest BCUT2D eigenvalue weighted by molar-refractivity contribution is 5.97. The van der Waals surface area contributed by atoms with Crippen LogP contribution in [0.5, 0.6) is 0 Å². The Labute approximate surface area is 182 Å². The summed E-state index contributed by atoms with van der Waals surface area (Å²) in [4.78, 5) is 22.3. The minimum absolute atomic E-state index is 0.00141. The average molecular weight is 417 g/mol. The topological polar surface area (TPSA) is 62.5 Å². The predicted octanol–water partition coefficient (Wildman–Crippen LogP) is 4.23. The van der Waals surface area contributed by atoms with Crippen LogP contribution in [-0.2, 0) is 17.8 Å². The molecule has 6 nitrogen and oxygen atoms in total. The summed E-state index contributed by atoms with van der Waals surface area (Å²) in [5.41, 5.74) is 4.48. The van der Waals surface area contributed by atoms with Crippen molar-refractivity contribution in [2.75, 3.05) is 18.0 Å². The van der Waals surface area contributed by atoms with Crippen LogP contribution in [0.4, 0.5) is 5.69 Å². The van der Waals surface area contributed by atoms with Crippen molar-refractivity contribution in [3.63, 3.8) is 0 Å². The van der Waals surface area contributed by atoms with Gasteiger partial charge < -0.3 is 9.42 Å². The highest BCUT2D eigenvalue weighted by atomic mass is 16.5. The first-order valence-corrected chi connectivity index (χ1v) is 11.1. The minimum atomic E-state index is 0.00141. The number of aromatic nitrogens is 2. The molecule has 1 saturated heterocycles. The molecule has 0 radical (unpaired) electrons. The van der Waals surface area contributed by atoms with E-state index in [2.05, 4.69) is 59.2 Å². The SMILES string of the molecule is Cc1cccc(-c2noc(CN3CCCC(C(=O)N4c5ccccc5CC4C)C3)n2)c1. The van der Waals surface area contributed by atoms with Crippen molar-refractivity contribution in [2.24, 2.45) is 5.92 Å². The Hall–Kier alpha value is -2.99. The molecule has 2 unspecified atom stereocenters. The number of piperidine rings is 1. The maximum absolute atomic E-state index is 13.4. The van der Waals surface area contributed by atoms with Crippen LogP contribution in [0.1, 0.15) is 36.8 Å². The van der Waals surface area contributed by atoms with E-state index in [9.17, 15) is 4.79 Å². The largest absolute Gasteiger partial charge is 0.338 e. The molecule has 1 fully saturated rings. The highest BCUT2D eigenvalue weighted by Crippen LogP contribution is 2.34. The lowest BCUT2D eigenvalue weighted by molar-refractivity contribution is -0.124. The Bertz CT molecular complexity index is 1090. The molecular formula is C25H28N4O2. The van der Waals surface area contributed by atoms with Crippen molar-refractivity contribution >= 4 is 11.6 Å². The quantitative estimate of drug-likeness (QED) is 0.637. The lowest BCUT2D eigenvalue weighted by Gasteiger charge is -2.34. The van der Waals surface area contributed by atoms with Gasteiger partial charge in [-0.15, -0.1) is 0 Å². The summed E-state index contributed by atoms with van der Waals surface area (Å²) in [6.45, 7) is 6.44. The number of likely N-dealkylation sites (tertiary alicyclic amines) is 1. The number of carbonyl (C=O) groups is 1. The summed E-state index contributed by atoms with van der Waals surface area (Å²) >= 11 is 0. The molecule has 0 N–H and O–H groups in total. The Morgan fingerprint density at radius 3 is 2.94 bits per heavy atom. The number of benzene rings is 2. The summed E-state index contributed by atoms with van der Waals surface area (Å²) < 4.78 is 5.52. The molecule has 1 aromatic heterocycles. The number of aryl methyl sites for hydroxylation is 1. The molecule has 2 aromatic carbocycles. The van der Waals surface area contributed by atoms with Crippen molar-refractivity contribution in [1.82, 2.24) is 15.0 Å². The van der Waals surface area contributed by atoms with Crippen molar-refractivity contribution in [3.8, 4) is 11.4 Å². The van der Waals surface area contributed by atoms with Crippen molar-refractivity contribution < 1.29 is 9.32 Å². The van der Waals surface area contributed by atoms with E-state index in [1.54, 1.807) is 0 Å². The van der Waals surface area contributed by atoms with Gasteiger partial charge in [-0.3, -0.25) is 9.69 Å². The molecule has 5 rings (SSSR count). The van der Waals surface area contributed by atoms with Crippen molar-refractivity contribution in [3.05, 3.63) is 65.5 Å². The van der Waals surface area contributed by atoms with Crippen molar-refractivity contribution in [2.45, 2.75) is 45.7 Å². The second kappa shape index (κ2) is 8.27. The van der Waals surface area contributed by atoms with E-state index in [0.29, 0.717) is 18.3 Å². The van der Waals surface area contributed by atoms with E-state index in [0.717, 1.165) is 43.6 Å². The third-order valence-electron chi connectivity index (χ3n) is 6.40. The third kappa shape index (κ3) is 4.00. The monoisotopic (exact) mass is 416 g/mol. The number of nitrogens with zero attached hydrogens (tertiary/aromatic N) is 4. The van der Waals surface area contributed by atoms with Gasteiger partial charge in [-0.05, 0) is 57.4 Å². The summed E-state index contributed by atoms with van der Waals surface area (Å²) in [5, 5.41) is 4.16. The van der Waals surface area contributed by atoms with Gasteiger partial charge in [0.05, 0.1) is 12.5 Å². The molecule has 31 heavy (non-hydrogen) atoms. The molecule has 0 bridgehead atoms. The second-order valence-corrected chi connectivity index (χ2v) is 8.85. The van der Waals surface area contributed by atoms with Crippen LogP contribution in [0.15, 0.2) is 53.1 Å². The lowest BCUT2D eigenvalue weighted by Crippen LogP contribution is -2.46. The average Bonchev–Trinajstić information content (AvgIpc) is 3.37. The first-order valence-electron chi connectivity index (χ1n) is 11.1. The van der Waals surface area contributed by atoms with Crippen LogP contribution in [0.2, 0.25) is 0 Å². The van der Waals surface area contributed by atoms with Gasteiger partial charge in [0, 0.05) is 23.8 Å². The van der Waals surface area contributed by atoms with Crippen LogP contribution in [0.25, 0.3) is 11.4 Å². The number of rotatable bonds is 4. The van der Waals surface area contributed by atoms with Crippen LogP contribution in [0.3, 0.4) is 0 Å². The van der Waals surface area contributed by atoms with Gasteiger partial charge in [-0.1, -0.05) is 47.1 Å². The fraction of sp³-hybridized carbons (Fsp3) is 0.400. The standard InChI is InChI=1S/C25H28N4O2/c1-17-7-5-9-20(13-17)24-26-23(31-27-24)16-28-12-6-10-21(15-28)25(30)29-18(2)14-19-8-3-4-11-22(19)29/h3-5,7-9,11,13,18,21H,6,10,12,14-16H2,1-2H3.